The van der Waals surface area contributed by atoms with Crippen molar-refractivity contribution in [1.29, 1.82) is 0 Å². The second-order valence-corrected chi connectivity index (χ2v) is 12.6. The SMILES string of the molecule is CC(C)C[C@@H](NC(=O)C(C)(C)NC(=O)OC(C)(C)C)C(=O)CC1Cc2cccc(N)c2N(Cc2ccccn2)C1=O. The van der Waals surface area contributed by atoms with Crippen molar-refractivity contribution in [2.45, 2.75) is 91.5 Å². The number of Topliss-reactive ketones (excluding diaryl/α,β-unsaturated/α-hetero) is 1. The number of nitrogens with zero attached hydrogens (tertiary/aromatic N) is 2. The molecule has 0 saturated heterocycles. The summed E-state index contributed by atoms with van der Waals surface area (Å²) >= 11 is 0. The molecule has 0 fully saturated rings. The molecule has 1 aliphatic rings. The summed E-state index contributed by atoms with van der Waals surface area (Å²) < 4.78 is 5.29. The van der Waals surface area contributed by atoms with Crippen LogP contribution in [0.5, 0.6) is 0 Å². The Morgan fingerprint density at radius 1 is 1.10 bits per heavy atom. The first-order valence-corrected chi connectivity index (χ1v) is 14.0. The number of pyridine rings is 1. The van der Waals surface area contributed by atoms with Crippen molar-refractivity contribution in [3.63, 3.8) is 0 Å². The molecule has 0 radical (unpaired) electrons. The van der Waals surface area contributed by atoms with Gasteiger partial charge in [-0.2, -0.15) is 0 Å². The van der Waals surface area contributed by atoms with Gasteiger partial charge in [0.15, 0.2) is 5.78 Å². The van der Waals surface area contributed by atoms with Crippen molar-refractivity contribution in [3.05, 3.63) is 53.9 Å². The van der Waals surface area contributed by atoms with Crippen LogP contribution in [0.1, 0.15) is 72.6 Å². The molecule has 41 heavy (non-hydrogen) atoms. The normalized spacial score (nSPS) is 16.1. The number of ether oxygens (including phenoxy) is 1. The maximum atomic E-state index is 13.8. The van der Waals surface area contributed by atoms with Gasteiger partial charge in [-0.05, 0) is 77.1 Å². The number of rotatable bonds is 10. The number of benzene rings is 1. The minimum atomic E-state index is -1.34. The lowest BCUT2D eigenvalue weighted by molar-refractivity contribution is -0.133. The molecule has 10 nitrogen and oxygen atoms in total. The Kier molecular flexibility index (Phi) is 9.78. The van der Waals surface area contributed by atoms with Crippen molar-refractivity contribution in [2.24, 2.45) is 11.8 Å². The van der Waals surface area contributed by atoms with Gasteiger partial charge >= 0.3 is 6.09 Å². The first-order chi connectivity index (χ1) is 19.1. The van der Waals surface area contributed by atoms with Gasteiger partial charge in [0, 0.05) is 18.5 Å². The van der Waals surface area contributed by atoms with E-state index < -0.39 is 35.1 Å². The van der Waals surface area contributed by atoms with Gasteiger partial charge in [-0.15, -0.1) is 0 Å². The number of anilines is 2. The van der Waals surface area contributed by atoms with Gasteiger partial charge in [-0.1, -0.05) is 32.0 Å². The number of para-hydroxylation sites is 1. The summed E-state index contributed by atoms with van der Waals surface area (Å²) in [4.78, 5) is 59.0. The maximum Gasteiger partial charge on any atom is 0.408 e. The van der Waals surface area contributed by atoms with Crippen LogP contribution in [0.15, 0.2) is 42.6 Å². The van der Waals surface area contributed by atoms with E-state index in [1.54, 1.807) is 57.8 Å². The highest BCUT2D eigenvalue weighted by atomic mass is 16.6. The number of nitrogen functional groups attached to an aromatic ring is 1. The van der Waals surface area contributed by atoms with Crippen LogP contribution in [0.25, 0.3) is 0 Å². The minimum absolute atomic E-state index is 0.0522. The minimum Gasteiger partial charge on any atom is -0.444 e. The lowest BCUT2D eigenvalue weighted by atomic mass is 9.85. The van der Waals surface area contributed by atoms with Crippen LogP contribution in [0.3, 0.4) is 0 Å². The highest BCUT2D eigenvalue weighted by Gasteiger charge is 2.39. The third-order valence-electron chi connectivity index (χ3n) is 6.78. The topological polar surface area (TPSA) is 144 Å². The lowest BCUT2D eigenvalue weighted by Crippen LogP contribution is -2.58. The zero-order valence-electron chi connectivity index (χ0n) is 25.1. The summed E-state index contributed by atoms with van der Waals surface area (Å²) in [5.74, 6) is -1.51. The zero-order valence-corrected chi connectivity index (χ0v) is 25.1. The number of nitrogens with one attached hydrogen (secondary N) is 2. The molecule has 1 aromatic carbocycles. The summed E-state index contributed by atoms with van der Waals surface area (Å²) in [7, 11) is 0. The van der Waals surface area contributed by atoms with Crippen LogP contribution in [-0.2, 0) is 32.1 Å². The number of carbonyl (C=O) groups excluding carboxylic acids is 4. The molecule has 0 saturated carbocycles. The number of carbonyl (C=O) groups is 4. The molecule has 1 aromatic heterocycles. The molecule has 0 spiro atoms. The molecule has 3 rings (SSSR count). The third kappa shape index (κ3) is 8.52. The number of aromatic nitrogens is 1. The number of amides is 3. The highest BCUT2D eigenvalue weighted by molar-refractivity contribution is 6.03. The van der Waals surface area contributed by atoms with E-state index in [-0.39, 0.29) is 30.6 Å². The Balaban J connectivity index is 1.79. The zero-order chi connectivity index (χ0) is 30.5. The Bertz CT molecular complexity index is 1270. The van der Waals surface area contributed by atoms with Gasteiger partial charge in [0.05, 0.1) is 29.7 Å². The van der Waals surface area contributed by atoms with Crippen molar-refractivity contribution in [3.8, 4) is 0 Å². The van der Waals surface area contributed by atoms with Crippen molar-refractivity contribution in [1.82, 2.24) is 15.6 Å². The highest BCUT2D eigenvalue weighted by Crippen LogP contribution is 2.37. The van der Waals surface area contributed by atoms with Gasteiger partial charge in [0.25, 0.3) is 0 Å². The lowest BCUT2D eigenvalue weighted by Gasteiger charge is -2.35. The fourth-order valence-corrected chi connectivity index (χ4v) is 4.84. The predicted octanol–water partition coefficient (Wildman–Crippen LogP) is 4.16. The Morgan fingerprint density at radius 2 is 1.80 bits per heavy atom. The van der Waals surface area contributed by atoms with E-state index in [1.165, 1.54) is 0 Å². The average Bonchev–Trinajstić information content (AvgIpc) is 2.84. The fourth-order valence-electron chi connectivity index (χ4n) is 4.84. The average molecular weight is 566 g/mol. The maximum absolute atomic E-state index is 13.8. The molecule has 222 valence electrons. The summed E-state index contributed by atoms with van der Waals surface area (Å²) in [5, 5.41) is 5.41. The van der Waals surface area contributed by atoms with Crippen molar-refractivity contribution >= 4 is 35.1 Å². The number of nitrogens with two attached hydrogens (primary N) is 1. The van der Waals surface area contributed by atoms with Crippen molar-refractivity contribution < 1.29 is 23.9 Å². The molecular formula is C31H43N5O5. The molecule has 0 bridgehead atoms. The summed E-state index contributed by atoms with van der Waals surface area (Å²) in [6.45, 7) is 12.4. The Hall–Kier alpha value is -3.95. The molecule has 1 aliphatic heterocycles. The van der Waals surface area contributed by atoms with E-state index >= 15 is 0 Å². The summed E-state index contributed by atoms with van der Waals surface area (Å²) in [5.41, 5.74) is 6.94. The molecular weight excluding hydrogens is 522 g/mol. The van der Waals surface area contributed by atoms with E-state index in [0.717, 1.165) is 5.56 Å². The number of hydrogen-bond acceptors (Lipinski definition) is 7. The van der Waals surface area contributed by atoms with Gasteiger partial charge in [0.2, 0.25) is 11.8 Å². The molecule has 0 aliphatic carbocycles. The monoisotopic (exact) mass is 565 g/mol. The smallest absolute Gasteiger partial charge is 0.408 e. The second-order valence-electron chi connectivity index (χ2n) is 12.6. The van der Waals surface area contributed by atoms with Crippen LogP contribution >= 0.6 is 0 Å². The quantitative estimate of drug-likeness (QED) is 0.367. The van der Waals surface area contributed by atoms with Crippen LogP contribution in [0, 0.1) is 11.8 Å². The molecule has 1 unspecified atom stereocenters. The number of alkyl carbamates (subject to hydrolysis) is 1. The fraction of sp³-hybridized carbons (Fsp3) is 0.516. The number of ketones is 1. The number of fused-ring (bicyclic) bond motifs is 1. The summed E-state index contributed by atoms with van der Waals surface area (Å²) in [6, 6.07) is 10.2. The first kappa shape index (κ1) is 31.6. The van der Waals surface area contributed by atoms with Crippen LogP contribution in [0.2, 0.25) is 0 Å². The van der Waals surface area contributed by atoms with E-state index in [9.17, 15) is 19.2 Å². The standard InChI is InChI=1S/C31H43N5O5/c1-19(2)15-24(34-28(39)31(6,7)35-29(40)41-30(3,4)5)25(37)17-21-16-20-11-10-13-23(32)26(20)36(27(21)38)18-22-12-8-9-14-33-22/h8-14,19,21,24H,15-18,32H2,1-7H3,(H,34,39)(H,35,40)/t21?,24-/m1/s1. The molecule has 2 heterocycles. The predicted molar refractivity (Wildman–Crippen MR) is 158 cm³/mol. The van der Waals surface area contributed by atoms with E-state index in [0.29, 0.717) is 29.9 Å². The third-order valence-corrected chi connectivity index (χ3v) is 6.78. The van der Waals surface area contributed by atoms with Crippen LogP contribution in [0.4, 0.5) is 16.2 Å². The Labute approximate surface area is 242 Å². The first-order valence-electron chi connectivity index (χ1n) is 14.0. The molecule has 2 atom stereocenters. The van der Waals surface area contributed by atoms with Gasteiger partial charge in [0.1, 0.15) is 11.1 Å². The van der Waals surface area contributed by atoms with Crippen LogP contribution in [-0.4, -0.2) is 45.9 Å². The Morgan fingerprint density at radius 3 is 2.41 bits per heavy atom. The van der Waals surface area contributed by atoms with Crippen molar-refractivity contribution in [2.75, 3.05) is 10.6 Å². The summed E-state index contributed by atoms with van der Waals surface area (Å²) in [6.07, 6.45) is 1.62. The van der Waals surface area contributed by atoms with Gasteiger partial charge in [-0.3, -0.25) is 19.4 Å². The van der Waals surface area contributed by atoms with Crippen LogP contribution < -0.4 is 21.3 Å². The van der Waals surface area contributed by atoms with E-state index in [2.05, 4.69) is 15.6 Å². The molecule has 2 aromatic rings. The number of hydrogen-bond donors (Lipinski definition) is 3. The van der Waals surface area contributed by atoms with E-state index in [4.69, 9.17) is 10.5 Å². The molecule has 10 heteroatoms. The largest absolute Gasteiger partial charge is 0.444 e. The molecule has 4 N–H and O–H groups in total. The second kappa shape index (κ2) is 12.7. The van der Waals surface area contributed by atoms with Gasteiger partial charge < -0.3 is 26.0 Å². The van der Waals surface area contributed by atoms with Gasteiger partial charge in [-0.25, -0.2) is 4.79 Å². The van der Waals surface area contributed by atoms with E-state index in [1.807, 2.05) is 38.1 Å². The molecule has 3 amide bonds.